The maximum Gasteiger partial charge on any atom is 0.259 e. The Morgan fingerprint density at radius 2 is 2.39 bits per heavy atom. The van der Waals surface area contributed by atoms with Gasteiger partial charge in [0.05, 0.1) is 18.1 Å². The van der Waals surface area contributed by atoms with Crippen LogP contribution in [0, 0.1) is 0 Å². The van der Waals surface area contributed by atoms with Crippen molar-refractivity contribution in [1.29, 1.82) is 0 Å². The number of aromatic nitrogens is 3. The zero-order valence-electron chi connectivity index (χ0n) is 12.7. The Morgan fingerprint density at radius 1 is 1.57 bits per heavy atom. The van der Waals surface area contributed by atoms with Gasteiger partial charge in [-0.25, -0.2) is 0 Å². The molecule has 0 aliphatic heterocycles. The Morgan fingerprint density at radius 3 is 3.09 bits per heavy atom. The van der Waals surface area contributed by atoms with Gasteiger partial charge in [0.1, 0.15) is 11.2 Å². The van der Waals surface area contributed by atoms with Crippen LogP contribution in [0.5, 0.6) is 0 Å². The van der Waals surface area contributed by atoms with E-state index in [0.29, 0.717) is 24.1 Å². The number of carbonyl (C=O) groups is 1. The van der Waals surface area contributed by atoms with Crippen molar-refractivity contribution in [1.82, 2.24) is 19.7 Å². The van der Waals surface area contributed by atoms with Crippen LogP contribution in [0.25, 0.3) is 11.0 Å². The molecule has 0 saturated heterocycles. The van der Waals surface area contributed by atoms with E-state index >= 15 is 0 Å². The summed E-state index contributed by atoms with van der Waals surface area (Å²) >= 11 is 1.57. The molecule has 0 bridgehead atoms. The van der Waals surface area contributed by atoms with Crippen LogP contribution in [0.1, 0.15) is 15.2 Å². The highest BCUT2D eigenvalue weighted by Gasteiger charge is 2.20. The first kappa shape index (κ1) is 15.2. The van der Waals surface area contributed by atoms with Crippen molar-refractivity contribution in [2.75, 3.05) is 6.54 Å². The summed E-state index contributed by atoms with van der Waals surface area (Å²) in [6.45, 7) is 4.52. The maximum atomic E-state index is 12.8. The summed E-state index contributed by atoms with van der Waals surface area (Å²) < 4.78 is 1.57. The van der Waals surface area contributed by atoms with Crippen molar-refractivity contribution in [2.24, 2.45) is 7.05 Å². The molecule has 3 aromatic rings. The number of nitrogens with zero attached hydrogens (tertiary/aromatic N) is 3. The minimum atomic E-state index is -0.315. The van der Waals surface area contributed by atoms with E-state index in [-0.39, 0.29) is 16.9 Å². The average Bonchev–Trinajstić information content (AvgIpc) is 3.17. The highest BCUT2D eigenvalue weighted by Crippen LogP contribution is 2.14. The predicted molar refractivity (Wildman–Crippen MR) is 90.6 cm³/mol. The molecule has 3 rings (SSSR count). The second-order valence-electron chi connectivity index (χ2n) is 5.12. The third-order valence-corrected chi connectivity index (χ3v) is 4.44. The van der Waals surface area contributed by atoms with Crippen LogP contribution in [0.2, 0.25) is 0 Å². The average molecular weight is 328 g/mol. The lowest BCUT2D eigenvalue weighted by molar-refractivity contribution is 0.0763. The normalized spacial score (nSPS) is 10.8. The second kappa shape index (κ2) is 6.21. The Bertz CT molecular complexity index is 908. The van der Waals surface area contributed by atoms with Crippen molar-refractivity contribution in [3.05, 3.63) is 63.2 Å². The molecule has 0 saturated carbocycles. The first-order valence-corrected chi connectivity index (χ1v) is 7.95. The second-order valence-corrected chi connectivity index (χ2v) is 6.15. The van der Waals surface area contributed by atoms with Crippen LogP contribution in [-0.4, -0.2) is 32.1 Å². The smallest absolute Gasteiger partial charge is 0.259 e. The van der Waals surface area contributed by atoms with E-state index in [2.05, 4.69) is 16.7 Å². The number of amides is 1. The first-order valence-electron chi connectivity index (χ1n) is 7.07. The molecule has 1 N–H and O–H groups in total. The van der Waals surface area contributed by atoms with Crippen LogP contribution < -0.4 is 5.43 Å². The lowest BCUT2D eigenvalue weighted by Gasteiger charge is -2.20. The van der Waals surface area contributed by atoms with Gasteiger partial charge in [-0.15, -0.1) is 17.9 Å². The molecule has 0 aliphatic rings. The molecule has 0 aliphatic carbocycles. The largest absolute Gasteiger partial charge is 0.345 e. The van der Waals surface area contributed by atoms with Crippen molar-refractivity contribution in [3.63, 3.8) is 0 Å². The lowest BCUT2D eigenvalue weighted by Crippen LogP contribution is -2.34. The Kier molecular flexibility index (Phi) is 4.12. The summed E-state index contributed by atoms with van der Waals surface area (Å²) in [6, 6.07) is 3.90. The highest BCUT2D eigenvalue weighted by molar-refractivity contribution is 7.09. The molecule has 7 heteroatoms. The van der Waals surface area contributed by atoms with Crippen LogP contribution in [0.3, 0.4) is 0 Å². The van der Waals surface area contributed by atoms with Crippen molar-refractivity contribution in [3.8, 4) is 0 Å². The van der Waals surface area contributed by atoms with E-state index < -0.39 is 0 Å². The fraction of sp³-hybridized carbons (Fsp3) is 0.188. The zero-order chi connectivity index (χ0) is 16.4. The van der Waals surface area contributed by atoms with Crippen LogP contribution in [-0.2, 0) is 13.6 Å². The Labute approximate surface area is 136 Å². The Balaban J connectivity index is 1.98. The molecule has 0 spiro atoms. The van der Waals surface area contributed by atoms with Gasteiger partial charge in [0, 0.05) is 24.7 Å². The van der Waals surface area contributed by atoms with E-state index in [0.717, 1.165) is 4.88 Å². The van der Waals surface area contributed by atoms with Gasteiger partial charge >= 0.3 is 0 Å². The standard InChI is InChI=1S/C16H16N4O2S/c1-3-6-20(10-11-5-4-7-23-11)16(22)13-8-17-15-12(14(13)21)9-18-19(15)2/h3-5,7-9H,1,6,10H2,2H3,(H,17,21). The van der Waals surface area contributed by atoms with Gasteiger partial charge in [0.25, 0.3) is 5.91 Å². The Hall–Kier alpha value is -2.67. The van der Waals surface area contributed by atoms with Crippen LogP contribution in [0.15, 0.2) is 47.4 Å². The van der Waals surface area contributed by atoms with Crippen LogP contribution in [0.4, 0.5) is 0 Å². The van der Waals surface area contributed by atoms with Crippen LogP contribution >= 0.6 is 11.3 Å². The van der Waals surface area contributed by atoms with Gasteiger partial charge in [-0.3, -0.25) is 14.3 Å². The van der Waals surface area contributed by atoms with Gasteiger partial charge in [-0.05, 0) is 11.4 Å². The fourth-order valence-corrected chi connectivity index (χ4v) is 3.14. The third kappa shape index (κ3) is 2.83. The molecule has 1 amide bonds. The van der Waals surface area contributed by atoms with Crippen molar-refractivity contribution in [2.45, 2.75) is 6.54 Å². The number of hydrogen-bond acceptors (Lipinski definition) is 4. The molecule has 6 nitrogen and oxygen atoms in total. The molecule has 0 radical (unpaired) electrons. The molecule has 0 unspecified atom stereocenters. The molecular weight excluding hydrogens is 312 g/mol. The molecule has 0 fully saturated rings. The summed E-state index contributed by atoms with van der Waals surface area (Å²) in [7, 11) is 1.74. The third-order valence-electron chi connectivity index (χ3n) is 3.58. The fourth-order valence-electron chi connectivity index (χ4n) is 2.42. The van der Waals surface area contributed by atoms with Gasteiger partial charge in [0.2, 0.25) is 5.43 Å². The predicted octanol–water partition coefficient (Wildman–Crippen LogP) is 2.15. The minimum absolute atomic E-state index is 0.115. The number of H-pyrrole nitrogens is 1. The molecular formula is C16H16N4O2S. The van der Waals surface area contributed by atoms with Gasteiger partial charge in [-0.1, -0.05) is 12.1 Å². The van der Waals surface area contributed by atoms with E-state index in [1.165, 1.54) is 12.4 Å². The SMILES string of the molecule is C=CCN(Cc1cccs1)C(=O)c1c[nH]c2c(cnn2C)c1=O. The molecule has 0 aromatic carbocycles. The summed E-state index contributed by atoms with van der Waals surface area (Å²) in [5.74, 6) is -0.315. The van der Waals surface area contributed by atoms with E-state index in [1.807, 2.05) is 17.5 Å². The molecule has 3 heterocycles. The number of rotatable bonds is 5. The zero-order valence-corrected chi connectivity index (χ0v) is 13.5. The summed E-state index contributed by atoms with van der Waals surface area (Å²) in [6.07, 6.45) is 4.59. The lowest BCUT2D eigenvalue weighted by atomic mass is 10.2. The van der Waals surface area contributed by atoms with E-state index in [9.17, 15) is 9.59 Å². The topological polar surface area (TPSA) is 71.0 Å². The molecule has 0 atom stereocenters. The monoisotopic (exact) mass is 328 g/mol. The summed E-state index contributed by atoms with van der Waals surface area (Å²) in [5.41, 5.74) is 0.404. The number of hydrogen-bond donors (Lipinski definition) is 1. The number of fused-ring (bicyclic) bond motifs is 1. The first-order chi connectivity index (χ1) is 11.1. The summed E-state index contributed by atoms with van der Waals surface area (Å²) in [4.78, 5) is 31.0. The number of thiophene rings is 1. The number of carbonyl (C=O) groups excluding carboxylic acids is 1. The molecule has 3 aromatic heterocycles. The molecule has 23 heavy (non-hydrogen) atoms. The van der Waals surface area contributed by atoms with Crippen molar-refractivity contribution < 1.29 is 4.79 Å². The van der Waals surface area contributed by atoms with Gasteiger partial charge in [0.15, 0.2) is 0 Å². The molecule has 118 valence electrons. The number of aromatic amines is 1. The van der Waals surface area contributed by atoms with Crippen molar-refractivity contribution >= 4 is 28.3 Å². The van der Waals surface area contributed by atoms with Gasteiger partial charge in [-0.2, -0.15) is 5.10 Å². The maximum absolute atomic E-state index is 12.8. The van der Waals surface area contributed by atoms with E-state index in [4.69, 9.17) is 0 Å². The minimum Gasteiger partial charge on any atom is -0.345 e. The quantitative estimate of drug-likeness (QED) is 0.730. The summed E-state index contributed by atoms with van der Waals surface area (Å²) in [5, 5.41) is 6.41. The highest BCUT2D eigenvalue weighted by atomic mass is 32.1. The number of nitrogens with one attached hydrogen (secondary N) is 1. The van der Waals surface area contributed by atoms with Gasteiger partial charge < -0.3 is 9.88 Å². The number of pyridine rings is 1. The number of aryl methyl sites for hydroxylation is 1. The van der Waals surface area contributed by atoms with E-state index in [1.54, 1.807) is 34.0 Å².